The third-order valence-electron chi connectivity index (χ3n) is 2.32. The molecular formula is C11H17NO. The van der Waals surface area contributed by atoms with E-state index >= 15 is 0 Å². The van der Waals surface area contributed by atoms with Crippen molar-refractivity contribution in [3.8, 4) is 0 Å². The minimum Gasteiger partial charge on any atom is -0.288 e. The molecule has 1 N–H and O–H groups in total. The zero-order chi connectivity index (χ0) is 9.84. The van der Waals surface area contributed by atoms with Crippen molar-refractivity contribution in [3.05, 3.63) is 29.3 Å². The van der Waals surface area contributed by atoms with Crippen LogP contribution in [0.1, 0.15) is 25.0 Å². The van der Waals surface area contributed by atoms with E-state index in [0.29, 0.717) is 6.54 Å². The number of hydrogen-bond donors (Lipinski definition) is 1. The highest BCUT2D eigenvalue weighted by molar-refractivity contribution is 5.54. The van der Waals surface area contributed by atoms with E-state index in [4.69, 9.17) is 0 Å². The van der Waals surface area contributed by atoms with Crippen molar-refractivity contribution >= 4 is 5.69 Å². The van der Waals surface area contributed by atoms with Crippen molar-refractivity contribution in [1.82, 2.24) is 0 Å². The van der Waals surface area contributed by atoms with Gasteiger partial charge in [0.05, 0.1) is 5.69 Å². The Morgan fingerprint density at radius 2 is 2.00 bits per heavy atom. The van der Waals surface area contributed by atoms with E-state index in [1.807, 2.05) is 19.1 Å². The number of anilines is 1. The van der Waals surface area contributed by atoms with Crippen molar-refractivity contribution in [3.63, 3.8) is 0 Å². The first-order chi connectivity index (χ1) is 6.20. The number of nitrogens with zero attached hydrogens (tertiary/aromatic N) is 1. The Kier molecular flexibility index (Phi) is 3.32. The molecule has 0 aliphatic carbocycles. The molecule has 0 saturated heterocycles. The molecule has 0 atom stereocenters. The molecule has 1 aromatic carbocycles. The summed E-state index contributed by atoms with van der Waals surface area (Å²) in [6.07, 6.45) is 0.957. The molecule has 0 saturated carbocycles. The SMILES string of the molecule is CCc1c(C)cccc1N(O)CC. The van der Waals surface area contributed by atoms with Crippen molar-refractivity contribution < 1.29 is 5.21 Å². The predicted octanol–water partition coefficient (Wildman–Crippen LogP) is 2.77. The first-order valence-corrected chi connectivity index (χ1v) is 4.75. The lowest BCUT2D eigenvalue weighted by molar-refractivity contribution is 0.259. The molecule has 2 heteroatoms. The molecule has 1 aromatic rings. The molecule has 72 valence electrons. The fourth-order valence-electron chi connectivity index (χ4n) is 1.56. The van der Waals surface area contributed by atoms with Crippen LogP contribution in [-0.4, -0.2) is 11.8 Å². The molecule has 0 amide bonds. The topological polar surface area (TPSA) is 23.5 Å². The summed E-state index contributed by atoms with van der Waals surface area (Å²) in [5, 5.41) is 10.9. The van der Waals surface area contributed by atoms with Gasteiger partial charge in [0.1, 0.15) is 0 Å². The summed E-state index contributed by atoms with van der Waals surface area (Å²) in [7, 11) is 0. The summed E-state index contributed by atoms with van der Waals surface area (Å²) < 4.78 is 0. The van der Waals surface area contributed by atoms with Crippen molar-refractivity contribution in [2.45, 2.75) is 27.2 Å². The monoisotopic (exact) mass is 179 g/mol. The fraction of sp³-hybridized carbons (Fsp3) is 0.455. The van der Waals surface area contributed by atoms with Crippen LogP contribution in [0, 0.1) is 6.92 Å². The van der Waals surface area contributed by atoms with Crippen LogP contribution in [0.2, 0.25) is 0 Å². The Morgan fingerprint density at radius 3 is 2.54 bits per heavy atom. The van der Waals surface area contributed by atoms with E-state index in [1.165, 1.54) is 16.2 Å². The van der Waals surface area contributed by atoms with Gasteiger partial charge in [-0.2, -0.15) is 0 Å². The first kappa shape index (κ1) is 10.1. The highest BCUT2D eigenvalue weighted by Crippen LogP contribution is 2.22. The highest BCUT2D eigenvalue weighted by Gasteiger charge is 2.07. The number of hydroxylamine groups is 1. The highest BCUT2D eigenvalue weighted by atomic mass is 16.5. The van der Waals surface area contributed by atoms with Crippen LogP contribution >= 0.6 is 0 Å². The van der Waals surface area contributed by atoms with Gasteiger partial charge in [-0.15, -0.1) is 0 Å². The lowest BCUT2D eigenvalue weighted by atomic mass is 10.0. The van der Waals surface area contributed by atoms with E-state index < -0.39 is 0 Å². The number of hydrogen-bond acceptors (Lipinski definition) is 2. The first-order valence-electron chi connectivity index (χ1n) is 4.75. The molecule has 13 heavy (non-hydrogen) atoms. The molecule has 2 nitrogen and oxygen atoms in total. The molecule has 0 spiro atoms. The normalized spacial score (nSPS) is 10.2. The third-order valence-corrected chi connectivity index (χ3v) is 2.32. The number of rotatable bonds is 3. The summed E-state index contributed by atoms with van der Waals surface area (Å²) in [6, 6.07) is 6.00. The second-order valence-corrected chi connectivity index (χ2v) is 3.14. The van der Waals surface area contributed by atoms with Crippen LogP contribution in [-0.2, 0) is 6.42 Å². The van der Waals surface area contributed by atoms with E-state index in [2.05, 4.69) is 19.9 Å². The minimum absolute atomic E-state index is 0.621. The quantitative estimate of drug-likeness (QED) is 0.721. The zero-order valence-corrected chi connectivity index (χ0v) is 8.54. The minimum atomic E-state index is 0.621. The molecule has 1 rings (SSSR count). The lowest BCUT2D eigenvalue weighted by Gasteiger charge is -2.19. The average Bonchev–Trinajstić information content (AvgIpc) is 2.16. The van der Waals surface area contributed by atoms with Crippen LogP contribution in [0.5, 0.6) is 0 Å². The maximum absolute atomic E-state index is 9.60. The van der Waals surface area contributed by atoms with Crippen molar-refractivity contribution in [2.24, 2.45) is 0 Å². The fourth-order valence-corrected chi connectivity index (χ4v) is 1.56. The molecule has 0 aromatic heterocycles. The van der Waals surface area contributed by atoms with Gasteiger partial charge in [-0.05, 0) is 37.5 Å². The second kappa shape index (κ2) is 4.28. The van der Waals surface area contributed by atoms with Gasteiger partial charge in [0.15, 0.2) is 0 Å². The molecule has 0 fully saturated rings. The second-order valence-electron chi connectivity index (χ2n) is 3.14. The van der Waals surface area contributed by atoms with Crippen LogP contribution in [0.4, 0.5) is 5.69 Å². The zero-order valence-electron chi connectivity index (χ0n) is 8.54. The van der Waals surface area contributed by atoms with Crippen molar-refractivity contribution in [2.75, 3.05) is 11.6 Å². The Labute approximate surface area is 79.8 Å². The van der Waals surface area contributed by atoms with Gasteiger partial charge in [-0.3, -0.25) is 10.3 Å². The van der Waals surface area contributed by atoms with Gasteiger partial charge in [0.2, 0.25) is 0 Å². The van der Waals surface area contributed by atoms with E-state index in [1.54, 1.807) is 0 Å². The van der Waals surface area contributed by atoms with Crippen LogP contribution in [0.3, 0.4) is 0 Å². The molecular weight excluding hydrogens is 162 g/mol. The van der Waals surface area contributed by atoms with E-state index in [-0.39, 0.29) is 0 Å². The smallest absolute Gasteiger partial charge is 0.0668 e. The number of aryl methyl sites for hydroxylation is 1. The summed E-state index contributed by atoms with van der Waals surface area (Å²) in [4.78, 5) is 0. The van der Waals surface area contributed by atoms with Crippen LogP contribution in [0.25, 0.3) is 0 Å². The summed E-state index contributed by atoms with van der Waals surface area (Å²) >= 11 is 0. The van der Waals surface area contributed by atoms with E-state index in [0.717, 1.165) is 12.1 Å². The van der Waals surface area contributed by atoms with Gasteiger partial charge in [-0.1, -0.05) is 19.1 Å². The van der Waals surface area contributed by atoms with Gasteiger partial charge >= 0.3 is 0 Å². The Morgan fingerprint density at radius 1 is 1.31 bits per heavy atom. The molecule has 0 unspecified atom stereocenters. The third kappa shape index (κ3) is 2.01. The van der Waals surface area contributed by atoms with Gasteiger partial charge in [0.25, 0.3) is 0 Å². The lowest BCUT2D eigenvalue weighted by Crippen LogP contribution is -2.18. The Balaban J connectivity index is 3.12. The Hall–Kier alpha value is -1.02. The standard InChI is InChI=1S/C11H17NO/c1-4-10-9(3)7-6-8-11(10)12(13)5-2/h6-8,13H,4-5H2,1-3H3. The predicted molar refractivity (Wildman–Crippen MR) is 55.4 cm³/mol. The van der Waals surface area contributed by atoms with Gasteiger partial charge in [0, 0.05) is 6.54 Å². The average molecular weight is 179 g/mol. The van der Waals surface area contributed by atoms with Gasteiger partial charge < -0.3 is 0 Å². The van der Waals surface area contributed by atoms with Gasteiger partial charge in [-0.25, -0.2) is 0 Å². The summed E-state index contributed by atoms with van der Waals surface area (Å²) in [5.41, 5.74) is 3.41. The number of benzene rings is 1. The molecule has 0 heterocycles. The summed E-state index contributed by atoms with van der Waals surface area (Å²) in [6.45, 7) is 6.74. The Bertz CT molecular complexity index is 283. The van der Waals surface area contributed by atoms with Crippen LogP contribution in [0.15, 0.2) is 18.2 Å². The molecule has 0 radical (unpaired) electrons. The molecule has 0 aliphatic rings. The molecule has 0 aliphatic heterocycles. The largest absolute Gasteiger partial charge is 0.288 e. The van der Waals surface area contributed by atoms with E-state index in [9.17, 15) is 5.21 Å². The van der Waals surface area contributed by atoms with Crippen molar-refractivity contribution in [1.29, 1.82) is 0 Å². The maximum atomic E-state index is 9.60. The van der Waals surface area contributed by atoms with Crippen LogP contribution < -0.4 is 5.06 Å². The molecule has 0 bridgehead atoms. The maximum Gasteiger partial charge on any atom is 0.0668 e. The summed E-state index contributed by atoms with van der Waals surface area (Å²) in [5.74, 6) is 0.